The van der Waals surface area contributed by atoms with E-state index in [1.165, 1.54) is 17.0 Å². The number of nitrogens with one attached hydrogen (secondary N) is 1. The van der Waals surface area contributed by atoms with Crippen LogP contribution in [0.3, 0.4) is 0 Å². The zero-order chi connectivity index (χ0) is 31.0. The summed E-state index contributed by atoms with van der Waals surface area (Å²) in [5.41, 5.74) is 1.52. The molecule has 0 aliphatic heterocycles. The minimum Gasteiger partial charge on any atom is -0.492 e. The Bertz CT molecular complexity index is 1480. The van der Waals surface area contributed by atoms with Gasteiger partial charge in [-0.3, -0.25) is 13.9 Å². The van der Waals surface area contributed by atoms with Crippen LogP contribution in [0.1, 0.15) is 45.2 Å². The number of sulfonamides is 1. The molecule has 0 aliphatic rings. The van der Waals surface area contributed by atoms with Crippen molar-refractivity contribution in [2.45, 2.75) is 64.6 Å². The highest BCUT2D eigenvalue weighted by molar-refractivity contribution is 7.92. The molecule has 0 aromatic heterocycles. The fourth-order valence-electron chi connectivity index (χ4n) is 4.19. The fraction of sp³-hybridized carbons (Fsp3) is 0.355. The van der Waals surface area contributed by atoms with Crippen molar-refractivity contribution in [2.75, 3.05) is 17.5 Å². The molecule has 0 spiro atoms. The van der Waals surface area contributed by atoms with Gasteiger partial charge < -0.3 is 15.0 Å². The Morgan fingerprint density at radius 1 is 0.929 bits per heavy atom. The molecule has 2 atom stereocenters. The van der Waals surface area contributed by atoms with Gasteiger partial charge in [0.2, 0.25) is 11.8 Å². The summed E-state index contributed by atoms with van der Waals surface area (Å²) in [5, 5.41) is 3.54. The number of rotatable bonds is 13. The lowest BCUT2D eigenvalue weighted by Gasteiger charge is -2.33. The molecule has 3 aromatic carbocycles. The average molecular weight is 635 g/mol. The van der Waals surface area contributed by atoms with Crippen LogP contribution in [0.25, 0.3) is 0 Å². The molecule has 11 heteroatoms. The molecule has 0 fully saturated rings. The van der Waals surface area contributed by atoms with Crippen molar-refractivity contribution < 1.29 is 22.7 Å². The van der Waals surface area contributed by atoms with Gasteiger partial charge in [-0.15, -0.1) is 0 Å². The summed E-state index contributed by atoms with van der Waals surface area (Å²) in [5.74, 6) is -0.713. The number of halogens is 2. The second-order valence-corrected chi connectivity index (χ2v) is 12.6. The number of hydrogen-bond acceptors (Lipinski definition) is 5. The number of anilines is 1. The summed E-state index contributed by atoms with van der Waals surface area (Å²) in [6.07, 6.45) is 0.694. The predicted molar refractivity (Wildman–Crippen MR) is 168 cm³/mol. The molecule has 3 aromatic rings. The second-order valence-electron chi connectivity index (χ2n) is 9.94. The number of amides is 2. The molecule has 0 aliphatic carbocycles. The molecule has 0 saturated heterocycles. The van der Waals surface area contributed by atoms with Crippen molar-refractivity contribution in [1.82, 2.24) is 10.2 Å². The summed E-state index contributed by atoms with van der Waals surface area (Å²) in [4.78, 5) is 28.7. The molecule has 0 saturated carbocycles. The molecule has 0 heterocycles. The van der Waals surface area contributed by atoms with Crippen LogP contribution in [0, 0.1) is 6.92 Å². The molecule has 8 nitrogen and oxygen atoms in total. The van der Waals surface area contributed by atoms with E-state index in [-0.39, 0.29) is 35.7 Å². The zero-order valence-electron chi connectivity index (χ0n) is 24.4. The lowest BCUT2D eigenvalue weighted by atomic mass is 10.1. The SMILES string of the molecule is CCOc1ccccc1N(CC(=O)N(Cc1c(Cl)cccc1Cl)[C@H](C)C(=O)N[C@@H](C)CC)S(=O)(=O)c1ccc(C)cc1. The summed E-state index contributed by atoms with van der Waals surface area (Å²) in [6, 6.07) is 16.9. The van der Waals surface area contributed by atoms with Crippen molar-refractivity contribution in [3.8, 4) is 5.75 Å². The summed E-state index contributed by atoms with van der Waals surface area (Å²) in [6.45, 7) is 8.59. The predicted octanol–water partition coefficient (Wildman–Crippen LogP) is 6.23. The first-order valence-electron chi connectivity index (χ1n) is 13.7. The molecule has 226 valence electrons. The first-order chi connectivity index (χ1) is 19.9. The summed E-state index contributed by atoms with van der Waals surface area (Å²) in [7, 11) is -4.25. The Morgan fingerprint density at radius 3 is 2.14 bits per heavy atom. The van der Waals surface area contributed by atoms with Gasteiger partial charge in [-0.25, -0.2) is 8.42 Å². The number of ether oxygens (including phenoxy) is 1. The van der Waals surface area contributed by atoms with Crippen LogP contribution in [0.4, 0.5) is 5.69 Å². The minimum absolute atomic E-state index is 0.00969. The topological polar surface area (TPSA) is 96.0 Å². The Kier molecular flexibility index (Phi) is 11.7. The number of nitrogens with zero attached hydrogens (tertiary/aromatic N) is 2. The van der Waals surface area contributed by atoms with Gasteiger partial charge in [0.1, 0.15) is 18.3 Å². The van der Waals surface area contributed by atoms with Crippen LogP contribution in [-0.2, 0) is 26.2 Å². The van der Waals surface area contributed by atoms with Gasteiger partial charge in [0.25, 0.3) is 10.0 Å². The highest BCUT2D eigenvalue weighted by atomic mass is 35.5. The van der Waals surface area contributed by atoms with Gasteiger partial charge in [0.05, 0.1) is 17.2 Å². The van der Waals surface area contributed by atoms with E-state index < -0.39 is 28.5 Å². The first-order valence-corrected chi connectivity index (χ1v) is 15.9. The number of para-hydroxylation sites is 2. The third-order valence-corrected chi connectivity index (χ3v) is 9.36. The van der Waals surface area contributed by atoms with Crippen LogP contribution < -0.4 is 14.4 Å². The maximum atomic E-state index is 14.2. The van der Waals surface area contributed by atoms with E-state index in [9.17, 15) is 18.0 Å². The molecule has 0 radical (unpaired) electrons. The van der Waals surface area contributed by atoms with Gasteiger partial charge in [-0.05, 0) is 70.5 Å². The first kappa shape index (κ1) is 33.2. The van der Waals surface area contributed by atoms with Crippen molar-refractivity contribution in [3.63, 3.8) is 0 Å². The number of aryl methyl sites for hydroxylation is 1. The van der Waals surface area contributed by atoms with Crippen LogP contribution in [-0.4, -0.2) is 50.4 Å². The zero-order valence-corrected chi connectivity index (χ0v) is 26.8. The van der Waals surface area contributed by atoms with Crippen LogP contribution in [0.2, 0.25) is 10.0 Å². The van der Waals surface area contributed by atoms with Gasteiger partial charge in [-0.1, -0.05) is 66.0 Å². The van der Waals surface area contributed by atoms with Gasteiger partial charge in [-0.2, -0.15) is 0 Å². The molecule has 0 unspecified atom stereocenters. The fourth-order valence-corrected chi connectivity index (χ4v) is 6.14. The van der Waals surface area contributed by atoms with E-state index in [0.29, 0.717) is 27.8 Å². The van der Waals surface area contributed by atoms with Crippen molar-refractivity contribution in [3.05, 3.63) is 87.9 Å². The molecule has 0 bridgehead atoms. The van der Waals surface area contributed by atoms with Crippen LogP contribution in [0.15, 0.2) is 71.6 Å². The molecular formula is C31H37Cl2N3O5S. The van der Waals surface area contributed by atoms with E-state index in [1.54, 1.807) is 68.4 Å². The van der Waals surface area contributed by atoms with E-state index >= 15 is 0 Å². The van der Waals surface area contributed by atoms with E-state index in [2.05, 4.69) is 5.32 Å². The number of benzene rings is 3. The lowest BCUT2D eigenvalue weighted by molar-refractivity contribution is -0.139. The Labute approximate surface area is 258 Å². The van der Waals surface area contributed by atoms with Crippen molar-refractivity contribution >= 4 is 50.7 Å². The normalized spacial score (nSPS) is 12.7. The second kappa shape index (κ2) is 14.8. The Hall–Kier alpha value is -3.27. The summed E-state index contributed by atoms with van der Waals surface area (Å²) < 4.78 is 35.0. The van der Waals surface area contributed by atoms with Gasteiger partial charge in [0.15, 0.2) is 0 Å². The summed E-state index contributed by atoms with van der Waals surface area (Å²) >= 11 is 12.9. The maximum absolute atomic E-state index is 14.2. The third kappa shape index (κ3) is 7.96. The standard InChI is InChI=1S/C31H37Cl2N3O5S/c1-6-22(4)34-31(38)23(5)35(19-25-26(32)11-10-12-27(25)33)30(37)20-36(28-13-8-9-14-29(28)41-7-2)42(39,40)24-17-15-21(3)16-18-24/h8-18,22-23H,6-7,19-20H2,1-5H3,(H,34,38)/t22-,23+/m0/s1. The molecule has 3 rings (SSSR count). The van der Waals surface area contributed by atoms with Gasteiger partial charge in [0, 0.05) is 28.2 Å². The number of carbonyl (C=O) groups is 2. The third-order valence-electron chi connectivity index (χ3n) is 6.88. The average Bonchev–Trinajstić information content (AvgIpc) is 2.96. The molecule has 42 heavy (non-hydrogen) atoms. The van der Waals surface area contributed by atoms with Crippen molar-refractivity contribution in [1.29, 1.82) is 0 Å². The van der Waals surface area contributed by atoms with Crippen LogP contribution >= 0.6 is 23.2 Å². The largest absolute Gasteiger partial charge is 0.492 e. The van der Waals surface area contributed by atoms with Crippen molar-refractivity contribution in [2.24, 2.45) is 0 Å². The Morgan fingerprint density at radius 2 is 1.55 bits per heavy atom. The van der Waals surface area contributed by atoms with E-state index in [1.807, 2.05) is 20.8 Å². The van der Waals surface area contributed by atoms with E-state index in [0.717, 1.165) is 9.87 Å². The highest BCUT2D eigenvalue weighted by Gasteiger charge is 2.34. The number of hydrogen-bond donors (Lipinski definition) is 1. The van der Waals surface area contributed by atoms with E-state index in [4.69, 9.17) is 27.9 Å². The smallest absolute Gasteiger partial charge is 0.264 e. The van der Waals surface area contributed by atoms with Crippen LogP contribution in [0.5, 0.6) is 5.75 Å². The number of carbonyl (C=O) groups excluding carboxylic acids is 2. The monoisotopic (exact) mass is 633 g/mol. The highest BCUT2D eigenvalue weighted by Crippen LogP contribution is 2.33. The van der Waals surface area contributed by atoms with Gasteiger partial charge >= 0.3 is 0 Å². The maximum Gasteiger partial charge on any atom is 0.264 e. The molecule has 1 N–H and O–H groups in total. The minimum atomic E-state index is -4.25. The lowest BCUT2D eigenvalue weighted by Crippen LogP contribution is -2.52. The Balaban J connectivity index is 2.12. The molecule has 2 amide bonds. The quantitative estimate of drug-likeness (QED) is 0.241. The molecular weight excluding hydrogens is 597 g/mol.